The number of fused-ring (bicyclic) bond motifs is 3. The van der Waals surface area contributed by atoms with Crippen LogP contribution in [0.4, 0.5) is 10.1 Å². The van der Waals surface area contributed by atoms with Crippen molar-refractivity contribution in [1.82, 2.24) is 14.5 Å². The van der Waals surface area contributed by atoms with Crippen LogP contribution in [0.25, 0.3) is 0 Å². The number of ether oxygens (including phenoxy) is 2. The lowest BCUT2D eigenvalue weighted by Crippen LogP contribution is -2.58. The number of amides is 1. The van der Waals surface area contributed by atoms with E-state index in [0.717, 1.165) is 82.6 Å². The minimum atomic E-state index is -3.97. The van der Waals surface area contributed by atoms with Gasteiger partial charge < -0.3 is 14.4 Å². The molecule has 0 aromatic heterocycles. The first kappa shape index (κ1) is 38.0. The molecule has 3 heterocycles. The first-order chi connectivity index (χ1) is 24.5. The number of nitrogens with zero attached hydrogens (tertiary/aromatic N) is 3. The predicted molar refractivity (Wildman–Crippen MR) is 201 cm³/mol. The van der Waals surface area contributed by atoms with Crippen molar-refractivity contribution in [2.24, 2.45) is 17.8 Å². The van der Waals surface area contributed by atoms with Crippen molar-refractivity contribution in [1.29, 1.82) is 0 Å². The Labute approximate surface area is 308 Å². The Hall–Kier alpha value is -2.70. The van der Waals surface area contributed by atoms with Crippen LogP contribution >= 0.6 is 11.6 Å². The second-order valence-corrected chi connectivity index (χ2v) is 17.5. The summed E-state index contributed by atoms with van der Waals surface area (Å²) in [7, 11) is -2.17. The third kappa shape index (κ3) is 8.75. The van der Waals surface area contributed by atoms with E-state index < -0.39 is 26.8 Å². The normalized spacial score (nSPS) is 30.1. The van der Waals surface area contributed by atoms with Gasteiger partial charge in [0.05, 0.1) is 10.9 Å². The second kappa shape index (κ2) is 16.5. The number of hydrogen-bond acceptors (Lipinski definition) is 8. The molecule has 2 aromatic rings. The van der Waals surface area contributed by atoms with Crippen LogP contribution in [0, 0.1) is 17.8 Å². The number of halogens is 2. The second-order valence-electron chi connectivity index (χ2n) is 15.0. The van der Waals surface area contributed by atoms with E-state index in [1.54, 1.807) is 32.2 Å². The number of hydrogen-bond donors (Lipinski definition) is 1. The molecular formula is C39H54ClFN4O5S. The van der Waals surface area contributed by atoms with Gasteiger partial charge in [-0.25, -0.2) is 17.5 Å². The van der Waals surface area contributed by atoms with Crippen molar-refractivity contribution in [3.8, 4) is 5.75 Å². The summed E-state index contributed by atoms with van der Waals surface area (Å²) in [5.41, 5.74) is 2.75. The fourth-order valence-corrected chi connectivity index (χ4v) is 9.75. The zero-order valence-electron chi connectivity index (χ0n) is 30.3. The Morgan fingerprint density at radius 2 is 1.80 bits per heavy atom. The average Bonchev–Trinajstić information content (AvgIpc) is 3.13. The van der Waals surface area contributed by atoms with Crippen LogP contribution < -0.4 is 14.4 Å². The van der Waals surface area contributed by atoms with Gasteiger partial charge in [-0.3, -0.25) is 14.6 Å². The van der Waals surface area contributed by atoms with Gasteiger partial charge in [-0.05, 0) is 105 Å². The van der Waals surface area contributed by atoms with Gasteiger partial charge in [0.1, 0.15) is 24.6 Å². The highest BCUT2D eigenvalue weighted by atomic mass is 35.5. The quantitative estimate of drug-likeness (QED) is 0.368. The van der Waals surface area contributed by atoms with Gasteiger partial charge in [0.25, 0.3) is 5.91 Å². The van der Waals surface area contributed by atoms with E-state index in [-0.39, 0.29) is 24.1 Å². The molecule has 280 valence electrons. The summed E-state index contributed by atoms with van der Waals surface area (Å²) in [6, 6.07) is 11.2. The molecule has 1 saturated heterocycles. The summed E-state index contributed by atoms with van der Waals surface area (Å²) in [5.74, 6) is 0.316. The Bertz CT molecular complexity index is 1670. The summed E-state index contributed by atoms with van der Waals surface area (Å²) < 4.78 is 55.6. The number of alkyl halides is 1. The Morgan fingerprint density at radius 1 is 1.02 bits per heavy atom. The van der Waals surface area contributed by atoms with Gasteiger partial charge in [0.2, 0.25) is 10.0 Å². The van der Waals surface area contributed by atoms with E-state index in [0.29, 0.717) is 42.8 Å². The molecule has 1 saturated carbocycles. The number of methoxy groups -OCH3 is 1. The monoisotopic (exact) mass is 744 g/mol. The first-order valence-electron chi connectivity index (χ1n) is 18.6. The van der Waals surface area contributed by atoms with Gasteiger partial charge in [-0.15, -0.1) is 0 Å². The molecular weight excluding hydrogens is 691 g/mol. The Kier molecular flexibility index (Phi) is 12.3. The van der Waals surface area contributed by atoms with Crippen LogP contribution in [0.2, 0.25) is 5.02 Å². The van der Waals surface area contributed by atoms with Crippen molar-refractivity contribution in [3.63, 3.8) is 0 Å². The highest BCUT2D eigenvalue weighted by molar-refractivity contribution is 7.90. The number of carbonyl (C=O) groups is 1. The SMILES string of the molecule is CO[C@]1(CN2CCN(CCF)CC2)/C=C/C[C@H](C)[C@@H](C)S(=O)(=O)NC(=O)c2ccc3c(c2)N(CCCCc2cc(Cl)ccc2CO3)C[C@@H]2CC[C@H]21. The lowest BCUT2D eigenvalue weighted by Gasteiger charge is -2.52. The smallest absolute Gasteiger partial charge is 0.264 e. The van der Waals surface area contributed by atoms with Crippen LogP contribution in [0.15, 0.2) is 48.6 Å². The number of carbonyl (C=O) groups excluding carboxylic acids is 1. The van der Waals surface area contributed by atoms with Gasteiger partial charge in [0, 0.05) is 70.1 Å². The van der Waals surface area contributed by atoms with Crippen LogP contribution in [-0.2, 0) is 27.8 Å². The largest absolute Gasteiger partial charge is 0.487 e. The predicted octanol–water partition coefficient (Wildman–Crippen LogP) is 6.10. The molecule has 51 heavy (non-hydrogen) atoms. The summed E-state index contributed by atoms with van der Waals surface area (Å²) in [6.45, 7) is 9.60. The van der Waals surface area contributed by atoms with E-state index in [2.05, 4.69) is 31.6 Å². The van der Waals surface area contributed by atoms with Crippen molar-refractivity contribution < 1.29 is 27.1 Å². The van der Waals surface area contributed by atoms with Crippen molar-refractivity contribution >= 4 is 33.2 Å². The van der Waals surface area contributed by atoms with Crippen LogP contribution in [-0.4, -0.2) is 101 Å². The van der Waals surface area contributed by atoms with E-state index >= 15 is 0 Å². The van der Waals surface area contributed by atoms with Crippen LogP contribution in [0.3, 0.4) is 0 Å². The van der Waals surface area contributed by atoms with Crippen LogP contribution in [0.1, 0.15) is 67.4 Å². The van der Waals surface area contributed by atoms with Crippen LogP contribution in [0.5, 0.6) is 5.75 Å². The standard InChI is InChI=1S/C39H54ClFN4O5S/c1-28-7-6-15-39(49-3,27-44-21-19-43(18-16-41)20-22-44)35-13-10-32(35)25-45-17-5-4-8-30-23-34(40)12-9-33(30)26-50-37-14-11-31(24-36(37)45)38(46)42-51(47,48)29(28)2/h6,9,11-12,14-15,23-24,28-29,32,35H,4-5,7-8,10,13,16-22,25-27H2,1-3H3,(H,42,46)/b15-6+/t28-,29+,32-,35+,39-/m0/s1. The molecule has 5 atom stereocenters. The molecule has 1 aliphatic carbocycles. The zero-order valence-corrected chi connectivity index (χ0v) is 31.9. The summed E-state index contributed by atoms with van der Waals surface area (Å²) in [4.78, 5) is 20.5. The number of nitrogens with one attached hydrogen (secondary N) is 1. The maximum Gasteiger partial charge on any atom is 0.264 e. The molecule has 1 amide bonds. The zero-order chi connectivity index (χ0) is 36.2. The Morgan fingerprint density at radius 3 is 2.53 bits per heavy atom. The molecule has 12 heteroatoms. The lowest BCUT2D eigenvalue weighted by atomic mass is 9.63. The molecule has 2 aromatic carbocycles. The summed E-state index contributed by atoms with van der Waals surface area (Å²) in [6.07, 6.45) is 9.64. The number of benzene rings is 2. The number of allylic oxidation sites excluding steroid dienone is 1. The molecule has 3 aliphatic heterocycles. The molecule has 0 spiro atoms. The molecule has 4 aliphatic rings. The summed E-state index contributed by atoms with van der Waals surface area (Å²) in [5, 5.41) is -0.0954. The molecule has 6 rings (SSSR count). The number of rotatable bonds is 5. The number of anilines is 1. The minimum absolute atomic E-state index is 0.229. The maximum absolute atomic E-state index is 13.6. The molecule has 2 fully saturated rings. The molecule has 9 nitrogen and oxygen atoms in total. The average molecular weight is 745 g/mol. The van der Waals surface area contributed by atoms with Crippen molar-refractivity contribution in [2.75, 3.05) is 71.0 Å². The van der Waals surface area contributed by atoms with Gasteiger partial charge in [-0.2, -0.15) is 0 Å². The fourth-order valence-electron chi connectivity index (χ4n) is 8.27. The fraction of sp³-hybridized carbons (Fsp3) is 0.615. The number of sulfonamides is 1. The Balaban J connectivity index is 1.37. The first-order valence-corrected chi connectivity index (χ1v) is 20.5. The van der Waals surface area contributed by atoms with E-state index in [4.69, 9.17) is 21.1 Å². The maximum atomic E-state index is 13.6. The third-order valence-corrected chi connectivity index (χ3v) is 14.0. The van der Waals surface area contributed by atoms with E-state index in [1.807, 2.05) is 25.1 Å². The minimum Gasteiger partial charge on any atom is -0.487 e. The topological polar surface area (TPSA) is 91.4 Å². The van der Waals surface area contributed by atoms with Gasteiger partial charge >= 0.3 is 0 Å². The lowest BCUT2D eigenvalue weighted by molar-refractivity contribution is -0.0954. The highest BCUT2D eigenvalue weighted by Gasteiger charge is 2.48. The third-order valence-electron chi connectivity index (χ3n) is 11.9. The number of piperazine rings is 1. The van der Waals surface area contributed by atoms with Crippen molar-refractivity contribution in [2.45, 2.75) is 69.8 Å². The molecule has 2 bridgehead atoms. The molecule has 0 unspecified atom stereocenters. The van der Waals surface area contributed by atoms with Gasteiger partial charge in [0.15, 0.2) is 0 Å². The summed E-state index contributed by atoms with van der Waals surface area (Å²) >= 11 is 6.39. The van der Waals surface area contributed by atoms with E-state index in [1.165, 1.54) is 5.56 Å². The highest BCUT2D eigenvalue weighted by Crippen LogP contribution is 2.47. The van der Waals surface area contributed by atoms with Crippen molar-refractivity contribution in [3.05, 3.63) is 70.3 Å². The molecule has 0 radical (unpaired) electrons. The molecule has 1 N–H and O–H groups in total. The van der Waals surface area contributed by atoms with Gasteiger partial charge in [-0.1, -0.05) is 36.7 Å². The number of aryl methyl sites for hydroxylation is 1. The van der Waals surface area contributed by atoms with E-state index in [9.17, 15) is 17.6 Å².